The maximum atomic E-state index is 11.2. The van der Waals surface area contributed by atoms with Crippen molar-refractivity contribution in [2.45, 2.75) is 13.0 Å². The van der Waals surface area contributed by atoms with Gasteiger partial charge >= 0.3 is 5.97 Å². The Bertz CT molecular complexity index is 1400. The Labute approximate surface area is 201 Å². The van der Waals surface area contributed by atoms with Gasteiger partial charge in [-0.2, -0.15) is 5.10 Å². The van der Waals surface area contributed by atoms with Crippen LogP contribution in [-0.4, -0.2) is 40.1 Å². The molecule has 0 spiro atoms. The van der Waals surface area contributed by atoms with Gasteiger partial charge in [0.15, 0.2) is 17.3 Å². The Morgan fingerprint density at radius 3 is 2.71 bits per heavy atom. The molecule has 0 amide bonds. The minimum absolute atomic E-state index is 0.519. The zero-order valence-corrected chi connectivity index (χ0v) is 19.4. The van der Waals surface area contributed by atoms with Gasteiger partial charge in [0.2, 0.25) is 0 Å². The summed E-state index contributed by atoms with van der Waals surface area (Å²) >= 11 is 6.81. The predicted octanol–water partition coefficient (Wildman–Crippen LogP) is 5.29. The average molecular weight is 479 g/mol. The van der Waals surface area contributed by atoms with Gasteiger partial charge in [0.25, 0.3) is 0 Å². The van der Waals surface area contributed by atoms with Crippen LogP contribution in [0.5, 0.6) is 11.5 Å². The van der Waals surface area contributed by atoms with Crippen LogP contribution in [0.4, 0.5) is 17.2 Å². The van der Waals surface area contributed by atoms with Crippen molar-refractivity contribution in [3.8, 4) is 22.6 Å². The van der Waals surface area contributed by atoms with Gasteiger partial charge in [-0.05, 0) is 48.9 Å². The number of anilines is 3. The number of benzene rings is 3. The predicted molar refractivity (Wildman–Crippen MR) is 133 cm³/mol. The largest absolute Gasteiger partial charge is 0.486 e. The van der Waals surface area contributed by atoms with Crippen LogP contribution in [0, 0.1) is 0 Å². The van der Waals surface area contributed by atoms with Gasteiger partial charge in [-0.15, -0.1) is 0 Å². The quantitative estimate of drug-likeness (QED) is 0.346. The Balaban J connectivity index is 1.46. The van der Waals surface area contributed by atoms with Crippen LogP contribution in [0.25, 0.3) is 22.0 Å². The first kappa shape index (κ1) is 21.9. The monoisotopic (exact) mass is 478 g/mol. The summed E-state index contributed by atoms with van der Waals surface area (Å²) in [6.45, 7) is 2.66. The normalized spacial score (nSPS) is 13.5. The van der Waals surface area contributed by atoms with Crippen LogP contribution in [-0.2, 0) is 11.8 Å². The molecule has 0 radical (unpaired) electrons. The van der Waals surface area contributed by atoms with Gasteiger partial charge in [0, 0.05) is 23.7 Å². The van der Waals surface area contributed by atoms with Crippen LogP contribution in [0.15, 0.2) is 54.6 Å². The molecule has 0 aliphatic carbocycles. The topological polar surface area (TPSA) is 97.6 Å². The van der Waals surface area contributed by atoms with Crippen molar-refractivity contribution in [1.29, 1.82) is 0 Å². The molecule has 0 unspecified atom stereocenters. The first-order valence-corrected chi connectivity index (χ1v) is 11.2. The van der Waals surface area contributed by atoms with E-state index in [0.717, 1.165) is 33.5 Å². The summed E-state index contributed by atoms with van der Waals surface area (Å²) in [5, 5.41) is 21.5. The summed E-state index contributed by atoms with van der Waals surface area (Å²) in [5.41, 5.74) is 4.06. The Morgan fingerprint density at radius 1 is 1.12 bits per heavy atom. The summed E-state index contributed by atoms with van der Waals surface area (Å²) in [5.74, 6) is 1.17. The second kappa shape index (κ2) is 8.79. The smallest absolute Gasteiger partial charge is 0.325 e. The van der Waals surface area contributed by atoms with Crippen molar-refractivity contribution in [3.05, 3.63) is 59.6 Å². The average Bonchev–Trinajstić information content (AvgIpc) is 3.14. The first-order valence-electron chi connectivity index (χ1n) is 10.8. The Hall–Kier alpha value is -3.91. The van der Waals surface area contributed by atoms with Gasteiger partial charge in [-0.1, -0.05) is 29.8 Å². The van der Waals surface area contributed by atoms with Crippen LogP contribution in [0.2, 0.25) is 5.02 Å². The molecule has 3 aromatic carbocycles. The van der Waals surface area contributed by atoms with Gasteiger partial charge in [0.1, 0.15) is 19.3 Å². The molecule has 0 saturated carbocycles. The maximum absolute atomic E-state index is 11.2. The number of rotatable bonds is 6. The van der Waals surface area contributed by atoms with E-state index in [1.807, 2.05) is 61.6 Å². The third-order valence-corrected chi connectivity index (χ3v) is 6.12. The van der Waals surface area contributed by atoms with Gasteiger partial charge in [0.05, 0.1) is 16.2 Å². The van der Waals surface area contributed by atoms with E-state index in [1.54, 1.807) is 11.6 Å². The second-order valence-corrected chi connectivity index (χ2v) is 8.44. The highest BCUT2D eigenvalue weighted by molar-refractivity contribution is 6.36. The van der Waals surface area contributed by atoms with E-state index in [2.05, 4.69) is 15.7 Å². The molecule has 8 nitrogen and oxygen atoms in total. The minimum Gasteiger partial charge on any atom is -0.486 e. The standard InChI is InChI=1S/C25H23ClN4O4/c1-14(25(31)32)27-16-7-8-18-20(13-16)30(2)29-24(18)28-19-5-3-4-17(23(19)26)15-6-9-21-22(12-15)34-11-10-33-21/h3-9,12-14,27H,10-11H2,1-2H3,(H,28,29)(H,31,32)/t14-/m0/s1. The fraction of sp³-hybridized carbons (Fsp3) is 0.200. The molecule has 1 aliphatic heterocycles. The maximum Gasteiger partial charge on any atom is 0.325 e. The van der Waals surface area contributed by atoms with E-state index in [4.69, 9.17) is 26.2 Å². The molecule has 1 atom stereocenters. The molecular formula is C25H23ClN4O4. The van der Waals surface area contributed by atoms with Crippen molar-refractivity contribution in [1.82, 2.24) is 9.78 Å². The van der Waals surface area contributed by atoms with E-state index >= 15 is 0 Å². The number of hydrogen-bond donors (Lipinski definition) is 3. The number of nitrogens with zero attached hydrogens (tertiary/aromatic N) is 2. The molecule has 3 N–H and O–H groups in total. The van der Waals surface area contributed by atoms with Crippen molar-refractivity contribution in [2.24, 2.45) is 7.05 Å². The zero-order chi connectivity index (χ0) is 23.8. The van der Waals surface area contributed by atoms with Gasteiger partial charge in [-0.3, -0.25) is 9.48 Å². The minimum atomic E-state index is -0.917. The number of carboxylic acid groups (broad SMARTS) is 1. The molecule has 1 aliphatic rings. The lowest BCUT2D eigenvalue weighted by molar-refractivity contribution is -0.137. The van der Waals surface area contributed by atoms with Gasteiger partial charge < -0.3 is 25.2 Å². The van der Waals surface area contributed by atoms with Crippen LogP contribution in [0.3, 0.4) is 0 Å². The lowest BCUT2D eigenvalue weighted by Gasteiger charge is -2.19. The van der Waals surface area contributed by atoms with Crippen LogP contribution in [0.1, 0.15) is 6.92 Å². The van der Waals surface area contributed by atoms with Crippen molar-refractivity contribution >= 4 is 45.7 Å². The first-order chi connectivity index (χ1) is 16.4. The zero-order valence-electron chi connectivity index (χ0n) is 18.6. The molecule has 174 valence electrons. The van der Waals surface area contributed by atoms with E-state index in [-0.39, 0.29) is 0 Å². The van der Waals surface area contributed by atoms with E-state index < -0.39 is 12.0 Å². The van der Waals surface area contributed by atoms with Crippen molar-refractivity contribution < 1.29 is 19.4 Å². The molecule has 0 saturated heterocycles. The van der Waals surface area contributed by atoms with Crippen LogP contribution >= 0.6 is 11.6 Å². The van der Waals surface area contributed by atoms with E-state index in [1.165, 1.54) is 0 Å². The number of nitrogens with one attached hydrogen (secondary N) is 2. The fourth-order valence-corrected chi connectivity index (χ4v) is 4.22. The summed E-state index contributed by atoms with van der Waals surface area (Å²) in [6, 6.07) is 16.5. The SMILES string of the molecule is C[C@H](Nc1ccc2c(Nc3cccc(-c4ccc5c(c4)OCCO5)c3Cl)nn(C)c2c1)C(=O)O. The molecule has 2 heterocycles. The summed E-state index contributed by atoms with van der Waals surface area (Å²) in [6.07, 6.45) is 0. The molecule has 0 fully saturated rings. The van der Waals surface area contributed by atoms with E-state index in [0.29, 0.717) is 35.5 Å². The third-order valence-electron chi connectivity index (χ3n) is 5.71. The lowest BCUT2D eigenvalue weighted by Crippen LogP contribution is -2.25. The highest BCUT2D eigenvalue weighted by Crippen LogP contribution is 2.40. The summed E-state index contributed by atoms with van der Waals surface area (Å²) in [7, 11) is 1.84. The molecule has 5 rings (SSSR count). The third kappa shape index (κ3) is 4.08. The van der Waals surface area contributed by atoms with E-state index in [9.17, 15) is 4.79 Å². The number of aryl methyl sites for hydroxylation is 1. The van der Waals surface area contributed by atoms with Crippen molar-refractivity contribution in [3.63, 3.8) is 0 Å². The summed E-state index contributed by atoms with van der Waals surface area (Å²) in [4.78, 5) is 11.2. The second-order valence-electron chi connectivity index (χ2n) is 8.06. The molecule has 0 bridgehead atoms. The number of ether oxygens (including phenoxy) is 2. The summed E-state index contributed by atoms with van der Waals surface area (Å²) < 4.78 is 13.1. The lowest BCUT2D eigenvalue weighted by atomic mass is 10.0. The number of fused-ring (bicyclic) bond motifs is 2. The number of aliphatic carboxylic acids is 1. The Kier molecular flexibility index (Phi) is 5.67. The molecule has 34 heavy (non-hydrogen) atoms. The highest BCUT2D eigenvalue weighted by atomic mass is 35.5. The Morgan fingerprint density at radius 2 is 1.91 bits per heavy atom. The number of aromatic nitrogens is 2. The number of hydrogen-bond acceptors (Lipinski definition) is 6. The molecule has 4 aromatic rings. The van der Waals surface area contributed by atoms with Crippen LogP contribution < -0.4 is 20.1 Å². The van der Waals surface area contributed by atoms with Gasteiger partial charge in [-0.25, -0.2) is 0 Å². The number of carboxylic acids is 1. The van der Waals surface area contributed by atoms with Crippen molar-refractivity contribution in [2.75, 3.05) is 23.8 Å². The number of halogens is 1. The fourth-order valence-electron chi connectivity index (χ4n) is 3.94. The molecule has 9 heteroatoms. The molecular weight excluding hydrogens is 456 g/mol. The number of carbonyl (C=O) groups is 1. The molecule has 1 aromatic heterocycles. The highest BCUT2D eigenvalue weighted by Gasteiger charge is 2.17.